The van der Waals surface area contributed by atoms with Crippen LogP contribution in [0.1, 0.15) is 38.1 Å². The van der Waals surface area contributed by atoms with Crippen molar-refractivity contribution in [3.8, 4) is 0 Å². The summed E-state index contributed by atoms with van der Waals surface area (Å²) in [6.45, 7) is 0.856. The molecule has 0 aromatic carbocycles. The molecule has 88 valence electrons. The van der Waals surface area contributed by atoms with E-state index in [0.29, 0.717) is 11.5 Å². The maximum atomic E-state index is 12.1. The van der Waals surface area contributed by atoms with Crippen molar-refractivity contribution in [1.82, 2.24) is 9.13 Å². The minimum atomic E-state index is 0.176. The lowest BCUT2D eigenvalue weighted by molar-refractivity contribution is 0.137. The van der Waals surface area contributed by atoms with Crippen molar-refractivity contribution in [2.45, 2.75) is 44.7 Å². The van der Waals surface area contributed by atoms with E-state index in [0.717, 1.165) is 12.3 Å². The minimum Gasteiger partial charge on any atom is -0.299 e. The summed E-state index contributed by atoms with van der Waals surface area (Å²) in [7, 11) is 0. The molecule has 3 nitrogen and oxygen atoms in total. The molecular weight excluding hydrogens is 220 g/mol. The quantitative estimate of drug-likeness (QED) is 0.799. The second-order valence-electron chi connectivity index (χ2n) is 5.36. The second-order valence-corrected chi connectivity index (χ2v) is 5.67. The summed E-state index contributed by atoms with van der Waals surface area (Å²) in [5, 5.41) is 0. The Morgan fingerprint density at radius 2 is 2.12 bits per heavy atom. The molecule has 2 aliphatic carbocycles. The first-order valence-electron chi connectivity index (χ1n) is 6.12. The molecule has 16 heavy (non-hydrogen) atoms. The summed E-state index contributed by atoms with van der Waals surface area (Å²) < 4.78 is 3.78. The third-order valence-corrected chi connectivity index (χ3v) is 4.74. The van der Waals surface area contributed by atoms with Gasteiger partial charge in [0.1, 0.15) is 0 Å². The van der Waals surface area contributed by atoms with Gasteiger partial charge in [-0.1, -0.05) is 6.42 Å². The van der Waals surface area contributed by atoms with E-state index in [1.807, 2.05) is 21.5 Å². The predicted octanol–water partition coefficient (Wildman–Crippen LogP) is 2.08. The van der Waals surface area contributed by atoms with E-state index >= 15 is 0 Å². The van der Waals surface area contributed by atoms with Crippen LogP contribution in [0.2, 0.25) is 0 Å². The zero-order chi connectivity index (χ0) is 11.2. The van der Waals surface area contributed by atoms with Gasteiger partial charge < -0.3 is 0 Å². The van der Waals surface area contributed by atoms with Crippen LogP contribution >= 0.6 is 12.6 Å². The highest BCUT2D eigenvalue weighted by molar-refractivity contribution is 7.80. The smallest absolute Gasteiger partial charge is 0.299 e. The van der Waals surface area contributed by atoms with E-state index < -0.39 is 0 Å². The van der Waals surface area contributed by atoms with Crippen molar-refractivity contribution in [3.05, 3.63) is 22.9 Å². The molecule has 0 amide bonds. The number of nitrogens with zero attached hydrogens (tertiary/aromatic N) is 2. The Kier molecular flexibility index (Phi) is 2.42. The highest BCUT2D eigenvalue weighted by Gasteiger charge is 2.36. The van der Waals surface area contributed by atoms with E-state index in [4.69, 9.17) is 0 Å². The van der Waals surface area contributed by atoms with E-state index in [9.17, 15) is 4.79 Å². The molecule has 0 N–H and O–H groups in total. The normalized spacial score (nSPS) is 23.1. The highest BCUT2D eigenvalue weighted by atomic mass is 32.1. The summed E-state index contributed by atoms with van der Waals surface area (Å²) in [6.07, 6.45) is 9.96. The van der Waals surface area contributed by atoms with Crippen LogP contribution in [0.5, 0.6) is 0 Å². The molecule has 1 aromatic heterocycles. The van der Waals surface area contributed by atoms with Crippen LogP contribution in [0.4, 0.5) is 0 Å². The zero-order valence-electron chi connectivity index (χ0n) is 9.43. The number of hydrogen-bond donors (Lipinski definition) is 1. The van der Waals surface area contributed by atoms with Crippen LogP contribution in [0.3, 0.4) is 0 Å². The molecule has 2 saturated carbocycles. The first-order chi connectivity index (χ1) is 7.74. The van der Waals surface area contributed by atoms with Crippen LogP contribution in [0, 0.1) is 5.41 Å². The van der Waals surface area contributed by atoms with Crippen molar-refractivity contribution < 1.29 is 0 Å². The molecule has 2 aliphatic rings. The monoisotopic (exact) mass is 238 g/mol. The van der Waals surface area contributed by atoms with Gasteiger partial charge in [-0.2, -0.15) is 12.6 Å². The Balaban J connectivity index is 1.81. The number of rotatable bonds is 4. The fourth-order valence-corrected chi connectivity index (χ4v) is 3.00. The molecular formula is C12H18N2OS. The molecule has 4 heteroatoms. The predicted molar refractivity (Wildman–Crippen MR) is 67.1 cm³/mol. The van der Waals surface area contributed by atoms with Gasteiger partial charge in [0.25, 0.3) is 0 Å². The molecule has 1 aromatic rings. The van der Waals surface area contributed by atoms with Crippen molar-refractivity contribution in [2.75, 3.05) is 5.75 Å². The van der Waals surface area contributed by atoms with Gasteiger partial charge in [-0.05, 0) is 36.9 Å². The summed E-state index contributed by atoms with van der Waals surface area (Å²) in [5.41, 5.74) is 0.471. The van der Waals surface area contributed by atoms with Gasteiger partial charge in [-0.25, -0.2) is 4.79 Å². The van der Waals surface area contributed by atoms with Gasteiger partial charge in [-0.3, -0.25) is 9.13 Å². The van der Waals surface area contributed by atoms with Gasteiger partial charge in [-0.15, -0.1) is 0 Å². The van der Waals surface area contributed by atoms with Gasteiger partial charge in [0.05, 0.1) is 0 Å². The summed E-state index contributed by atoms with van der Waals surface area (Å²) >= 11 is 4.43. The van der Waals surface area contributed by atoms with Gasteiger partial charge >= 0.3 is 5.69 Å². The largest absolute Gasteiger partial charge is 0.328 e. The molecule has 0 aliphatic heterocycles. The zero-order valence-corrected chi connectivity index (χ0v) is 10.3. The number of thiol groups is 1. The van der Waals surface area contributed by atoms with E-state index in [1.54, 1.807) is 0 Å². The van der Waals surface area contributed by atoms with Crippen molar-refractivity contribution in [1.29, 1.82) is 0 Å². The number of aromatic nitrogens is 2. The molecule has 1 heterocycles. The average molecular weight is 238 g/mol. The molecule has 0 unspecified atom stereocenters. The first kappa shape index (κ1) is 10.5. The van der Waals surface area contributed by atoms with Crippen molar-refractivity contribution >= 4 is 12.6 Å². The number of imidazole rings is 1. The van der Waals surface area contributed by atoms with E-state index in [1.165, 1.54) is 32.1 Å². The second kappa shape index (κ2) is 3.69. The Labute approximate surface area is 101 Å². The summed E-state index contributed by atoms with van der Waals surface area (Å²) in [6, 6.07) is 0.488. The van der Waals surface area contributed by atoms with Crippen LogP contribution in [-0.4, -0.2) is 14.9 Å². The maximum absolute atomic E-state index is 12.1. The van der Waals surface area contributed by atoms with Crippen LogP contribution in [0.25, 0.3) is 0 Å². The molecule has 3 rings (SSSR count). The SMILES string of the molecule is O=c1n(CC2(CS)CCC2)ccn1C1CC1. The molecule has 0 radical (unpaired) electrons. The van der Waals surface area contributed by atoms with Gasteiger partial charge in [0.15, 0.2) is 0 Å². The Morgan fingerprint density at radius 3 is 2.62 bits per heavy atom. The Morgan fingerprint density at radius 1 is 1.38 bits per heavy atom. The van der Waals surface area contributed by atoms with Crippen molar-refractivity contribution in [3.63, 3.8) is 0 Å². The van der Waals surface area contributed by atoms with Gasteiger partial charge in [0, 0.05) is 25.0 Å². The van der Waals surface area contributed by atoms with Crippen LogP contribution < -0.4 is 5.69 Å². The lowest BCUT2D eigenvalue weighted by atomic mass is 9.70. The molecule has 2 fully saturated rings. The standard InChI is InChI=1S/C12H18N2OS/c15-11-13(6-7-14(11)10-2-3-10)8-12(9-16)4-1-5-12/h6-7,10,16H,1-5,8-9H2. The van der Waals surface area contributed by atoms with Crippen LogP contribution in [-0.2, 0) is 6.54 Å². The summed E-state index contributed by atoms with van der Waals surface area (Å²) in [5.74, 6) is 0.897. The molecule has 0 spiro atoms. The highest BCUT2D eigenvalue weighted by Crippen LogP contribution is 2.43. The fourth-order valence-electron chi connectivity index (χ4n) is 2.58. The Hall–Kier alpha value is -0.640. The third-order valence-electron chi connectivity index (χ3n) is 4.07. The first-order valence-corrected chi connectivity index (χ1v) is 6.75. The minimum absolute atomic E-state index is 0.176. The Bertz CT molecular complexity index is 435. The number of hydrogen-bond acceptors (Lipinski definition) is 2. The lowest BCUT2D eigenvalue weighted by Gasteiger charge is -2.40. The molecule has 0 atom stereocenters. The van der Waals surface area contributed by atoms with E-state index in [2.05, 4.69) is 12.6 Å². The maximum Gasteiger partial charge on any atom is 0.328 e. The fraction of sp³-hybridized carbons (Fsp3) is 0.750. The topological polar surface area (TPSA) is 26.9 Å². The van der Waals surface area contributed by atoms with Gasteiger partial charge in [0.2, 0.25) is 0 Å². The van der Waals surface area contributed by atoms with Crippen molar-refractivity contribution in [2.24, 2.45) is 5.41 Å². The van der Waals surface area contributed by atoms with E-state index in [-0.39, 0.29) is 5.69 Å². The average Bonchev–Trinajstić information content (AvgIpc) is 3.00. The van der Waals surface area contributed by atoms with Crippen LogP contribution in [0.15, 0.2) is 17.2 Å². The summed E-state index contributed by atoms with van der Waals surface area (Å²) in [4.78, 5) is 12.1. The molecule has 0 saturated heterocycles. The lowest BCUT2D eigenvalue weighted by Crippen LogP contribution is -2.39. The third kappa shape index (κ3) is 1.63. The molecule has 0 bridgehead atoms.